The van der Waals surface area contributed by atoms with Gasteiger partial charge in [0.15, 0.2) is 0 Å². The van der Waals surface area contributed by atoms with E-state index in [-0.39, 0.29) is 4.90 Å². The predicted octanol–water partition coefficient (Wildman–Crippen LogP) is 3.01. The van der Waals surface area contributed by atoms with Gasteiger partial charge < -0.3 is 9.47 Å². The van der Waals surface area contributed by atoms with E-state index in [4.69, 9.17) is 9.47 Å². The molecule has 0 saturated heterocycles. The Labute approximate surface area is 143 Å². The third-order valence-corrected chi connectivity index (χ3v) is 4.85. The van der Waals surface area contributed by atoms with Crippen LogP contribution in [0.1, 0.15) is 19.4 Å². The SMILES string of the molecule is CCOc1ccc(OCC)c(S(=O)(=O)NCCc2ccccc2)c1. The van der Waals surface area contributed by atoms with E-state index in [0.29, 0.717) is 37.7 Å². The third kappa shape index (κ3) is 4.97. The topological polar surface area (TPSA) is 64.6 Å². The van der Waals surface area contributed by atoms with Gasteiger partial charge in [0.05, 0.1) is 13.2 Å². The Bertz CT molecular complexity index is 745. The molecule has 0 radical (unpaired) electrons. The van der Waals surface area contributed by atoms with E-state index < -0.39 is 10.0 Å². The molecule has 0 aromatic heterocycles. The summed E-state index contributed by atoms with van der Waals surface area (Å²) >= 11 is 0. The molecule has 5 nitrogen and oxygen atoms in total. The Morgan fingerprint density at radius 1 is 0.958 bits per heavy atom. The lowest BCUT2D eigenvalue weighted by Gasteiger charge is -2.13. The van der Waals surface area contributed by atoms with Crippen LogP contribution in [-0.4, -0.2) is 28.2 Å². The molecular formula is C18H23NO4S. The Hall–Kier alpha value is -2.05. The van der Waals surface area contributed by atoms with Crippen LogP contribution in [0.5, 0.6) is 11.5 Å². The first-order chi connectivity index (χ1) is 11.6. The van der Waals surface area contributed by atoms with Gasteiger partial charge in [-0.15, -0.1) is 0 Å². The smallest absolute Gasteiger partial charge is 0.244 e. The second-order valence-corrected chi connectivity index (χ2v) is 6.84. The molecule has 0 atom stereocenters. The third-order valence-electron chi connectivity index (χ3n) is 3.36. The first-order valence-electron chi connectivity index (χ1n) is 8.00. The highest BCUT2D eigenvalue weighted by Crippen LogP contribution is 2.28. The Balaban J connectivity index is 2.15. The molecule has 6 heteroatoms. The minimum Gasteiger partial charge on any atom is -0.494 e. The Kier molecular flexibility index (Phi) is 6.63. The molecule has 0 aliphatic heterocycles. The number of hydrogen-bond donors (Lipinski definition) is 1. The number of sulfonamides is 1. The van der Waals surface area contributed by atoms with Crippen molar-refractivity contribution in [3.8, 4) is 11.5 Å². The Morgan fingerprint density at radius 2 is 1.67 bits per heavy atom. The normalized spacial score (nSPS) is 11.2. The van der Waals surface area contributed by atoms with E-state index in [1.165, 1.54) is 6.07 Å². The number of hydrogen-bond acceptors (Lipinski definition) is 4. The summed E-state index contributed by atoms with van der Waals surface area (Å²) in [5.74, 6) is 0.831. The van der Waals surface area contributed by atoms with Crippen LogP contribution >= 0.6 is 0 Å². The minimum atomic E-state index is -3.68. The van der Waals surface area contributed by atoms with E-state index in [2.05, 4.69) is 4.72 Å². The Morgan fingerprint density at radius 3 is 2.33 bits per heavy atom. The van der Waals surface area contributed by atoms with Crippen LogP contribution in [0.15, 0.2) is 53.4 Å². The molecule has 2 aromatic rings. The summed E-state index contributed by atoms with van der Waals surface area (Å²) in [7, 11) is -3.68. The molecule has 2 rings (SSSR count). The standard InChI is InChI=1S/C18H23NO4S/c1-3-22-16-10-11-17(23-4-2)18(14-16)24(20,21)19-13-12-15-8-6-5-7-9-15/h5-11,14,19H,3-4,12-13H2,1-2H3. The van der Waals surface area contributed by atoms with E-state index in [9.17, 15) is 8.42 Å². The van der Waals surface area contributed by atoms with Crippen molar-refractivity contribution >= 4 is 10.0 Å². The summed E-state index contributed by atoms with van der Waals surface area (Å²) in [5, 5.41) is 0. The van der Waals surface area contributed by atoms with Crippen LogP contribution in [0.25, 0.3) is 0 Å². The second kappa shape index (κ2) is 8.70. The highest BCUT2D eigenvalue weighted by atomic mass is 32.2. The van der Waals surface area contributed by atoms with E-state index in [1.807, 2.05) is 44.2 Å². The minimum absolute atomic E-state index is 0.100. The van der Waals surface area contributed by atoms with Gasteiger partial charge in [0.25, 0.3) is 0 Å². The first-order valence-corrected chi connectivity index (χ1v) is 9.48. The van der Waals surface area contributed by atoms with Gasteiger partial charge in [-0.1, -0.05) is 30.3 Å². The van der Waals surface area contributed by atoms with Gasteiger partial charge in [-0.3, -0.25) is 0 Å². The maximum atomic E-state index is 12.6. The number of rotatable bonds is 9. The van der Waals surface area contributed by atoms with Crippen molar-refractivity contribution < 1.29 is 17.9 Å². The summed E-state index contributed by atoms with van der Waals surface area (Å²) in [4.78, 5) is 0.100. The lowest BCUT2D eigenvalue weighted by atomic mass is 10.2. The van der Waals surface area contributed by atoms with E-state index in [1.54, 1.807) is 12.1 Å². The molecule has 0 saturated carbocycles. The molecule has 24 heavy (non-hydrogen) atoms. The van der Waals surface area contributed by atoms with Gasteiger partial charge in [0.1, 0.15) is 16.4 Å². The highest BCUT2D eigenvalue weighted by Gasteiger charge is 2.20. The molecule has 0 amide bonds. The predicted molar refractivity (Wildman–Crippen MR) is 94.1 cm³/mol. The fraction of sp³-hybridized carbons (Fsp3) is 0.333. The summed E-state index contributed by atoms with van der Waals surface area (Å²) in [6, 6.07) is 14.6. The zero-order valence-corrected chi connectivity index (χ0v) is 14.8. The molecule has 130 valence electrons. The van der Waals surface area contributed by atoms with Crippen molar-refractivity contribution in [1.82, 2.24) is 4.72 Å². The number of ether oxygens (including phenoxy) is 2. The van der Waals surface area contributed by atoms with Crippen LogP contribution in [0.2, 0.25) is 0 Å². The molecule has 0 aliphatic carbocycles. The molecular weight excluding hydrogens is 326 g/mol. The van der Waals surface area contributed by atoms with E-state index in [0.717, 1.165) is 5.56 Å². The fourth-order valence-corrected chi connectivity index (χ4v) is 3.47. The number of benzene rings is 2. The average Bonchev–Trinajstić information content (AvgIpc) is 2.57. The van der Waals surface area contributed by atoms with Crippen molar-refractivity contribution in [2.45, 2.75) is 25.2 Å². The molecule has 0 heterocycles. The van der Waals surface area contributed by atoms with Gasteiger partial charge in [0.2, 0.25) is 10.0 Å². The molecule has 0 fully saturated rings. The summed E-state index contributed by atoms with van der Waals surface area (Å²) < 4.78 is 38.7. The molecule has 2 aromatic carbocycles. The van der Waals surface area contributed by atoms with Crippen LogP contribution in [0, 0.1) is 0 Å². The quantitative estimate of drug-likeness (QED) is 0.756. The summed E-state index contributed by atoms with van der Waals surface area (Å²) in [5.41, 5.74) is 1.08. The van der Waals surface area contributed by atoms with Crippen molar-refractivity contribution in [2.24, 2.45) is 0 Å². The van der Waals surface area contributed by atoms with E-state index >= 15 is 0 Å². The largest absolute Gasteiger partial charge is 0.494 e. The van der Waals surface area contributed by atoms with Gasteiger partial charge >= 0.3 is 0 Å². The zero-order valence-electron chi connectivity index (χ0n) is 14.0. The average molecular weight is 349 g/mol. The summed E-state index contributed by atoms with van der Waals surface area (Å²) in [6.07, 6.45) is 0.620. The van der Waals surface area contributed by atoms with Gasteiger partial charge in [0, 0.05) is 12.6 Å². The lowest BCUT2D eigenvalue weighted by Crippen LogP contribution is -2.26. The van der Waals surface area contributed by atoms with Crippen LogP contribution in [0.4, 0.5) is 0 Å². The molecule has 0 unspecified atom stereocenters. The summed E-state index contributed by atoms with van der Waals surface area (Å²) in [6.45, 7) is 4.84. The van der Waals surface area contributed by atoms with Crippen molar-refractivity contribution in [3.63, 3.8) is 0 Å². The highest BCUT2D eigenvalue weighted by molar-refractivity contribution is 7.89. The molecule has 1 N–H and O–H groups in total. The maximum Gasteiger partial charge on any atom is 0.244 e. The first kappa shape index (κ1) is 18.3. The van der Waals surface area contributed by atoms with Crippen molar-refractivity contribution in [1.29, 1.82) is 0 Å². The lowest BCUT2D eigenvalue weighted by molar-refractivity contribution is 0.322. The monoisotopic (exact) mass is 349 g/mol. The molecule has 0 bridgehead atoms. The van der Waals surface area contributed by atoms with Gasteiger partial charge in [-0.05, 0) is 38.0 Å². The molecule has 0 aliphatic rings. The zero-order chi connectivity index (χ0) is 17.4. The van der Waals surface area contributed by atoms with Gasteiger partial charge in [-0.2, -0.15) is 0 Å². The second-order valence-electron chi connectivity index (χ2n) is 5.11. The molecule has 0 spiro atoms. The van der Waals surface area contributed by atoms with Crippen molar-refractivity contribution in [2.75, 3.05) is 19.8 Å². The van der Waals surface area contributed by atoms with Crippen molar-refractivity contribution in [3.05, 3.63) is 54.1 Å². The maximum absolute atomic E-state index is 12.6. The fourth-order valence-electron chi connectivity index (χ4n) is 2.28. The van der Waals surface area contributed by atoms with Crippen LogP contribution in [0.3, 0.4) is 0 Å². The van der Waals surface area contributed by atoms with Crippen LogP contribution < -0.4 is 14.2 Å². The number of nitrogens with one attached hydrogen (secondary N) is 1. The van der Waals surface area contributed by atoms with Gasteiger partial charge in [-0.25, -0.2) is 13.1 Å². The van der Waals surface area contributed by atoms with Crippen LogP contribution in [-0.2, 0) is 16.4 Å².